The normalized spacial score (nSPS) is 33.4. The van der Waals surface area contributed by atoms with E-state index in [2.05, 4.69) is 24.2 Å². The highest BCUT2D eigenvalue weighted by Crippen LogP contribution is 2.67. The van der Waals surface area contributed by atoms with E-state index in [1.54, 1.807) is 12.3 Å². The molecule has 0 aliphatic heterocycles. The number of fused-ring (bicyclic) bond motifs is 4. The van der Waals surface area contributed by atoms with E-state index in [0.29, 0.717) is 24.7 Å². The Morgan fingerprint density at radius 3 is 2.73 bits per heavy atom. The summed E-state index contributed by atoms with van der Waals surface area (Å²) in [6.07, 6.45) is 14.3. The summed E-state index contributed by atoms with van der Waals surface area (Å²) >= 11 is 0.968. The zero-order valence-corrected chi connectivity index (χ0v) is 22.3. The van der Waals surface area contributed by atoms with Gasteiger partial charge in [0.15, 0.2) is 5.78 Å². The molecule has 1 aromatic carbocycles. The van der Waals surface area contributed by atoms with Crippen molar-refractivity contribution in [2.45, 2.75) is 63.4 Å². The lowest BCUT2D eigenvalue weighted by atomic mass is 9.51. The number of hydrogen-bond donors (Lipinski definition) is 2. The van der Waals surface area contributed by atoms with Crippen molar-refractivity contribution in [2.24, 2.45) is 22.4 Å². The van der Waals surface area contributed by atoms with Gasteiger partial charge in [0, 0.05) is 17.8 Å². The first kappa shape index (κ1) is 26.1. The highest BCUT2D eigenvalue weighted by molar-refractivity contribution is 8.12. The molecule has 37 heavy (non-hydrogen) atoms. The zero-order valence-electron chi connectivity index (χ0n) is 21.5. The topological polar surface area (TPSA) is 96.2 Å². The van der Waals surface area contributed by atoms with Gasteiger partial charge < -0.3 is 15.1 Å². The Balaban J connectivity index is 1.55. The minimum absolute atomic E-state index is 0.0807. The van der Waals surface area contributed by atoms with Gasteiger partial charge in [-0.1, -0.05) is 54.1 Å². The Bertz CT molecular complexity index is 1200. The second-order valence-corrected chi connectivity index (χ2v) is 11.7. The van der Waals surface area contributed by atoms with Gasteiger partial charge in [0.2, 0.25) is 0 Å². The molecule has 0 unspecified atom stereocenters. The molecule has 2 N–H and O–H groups in total. The van der Waals surface area contributed by atoms with E-state index in [9.17, 15) is 19.8 Å². The summed E-state index contributed by atoms with van der Waals surface area (Å²) in [5.41, 5.74) is 4.80. The van der Waals surface area contributed by atoms with Crippen LogP contribution in [0.4, 0.5) is 4.79 Å². The lowest BCUT2D eigenvalue weighted by Crippen LogP contribution is -2.50. The van der Waals surface area contributed by atoms with Crippen LogP contribution in [0.2, 0.25) is 0 Å². The predicted molar refractivity (Wildman–Crippen MR) is 145 cm³/mol. The van der Waals surface area contributed by atoms with Crippen molar-refractivity contribution in [3.05, 3.63) is 70.3 Å². The smallest absolute Gasteiger partial charge is 0.392 e. The first-order valence-electron chi connectivity index (χ1n) is 13.2. The van der Waals surface area contributed by atoms with Gasteiger partial charge in [-0.2, -0.15) is 0 Å². The summed E-state index contributed by atoms with van der Waals surface area (Å²) in [6.45, 7) is 2.15. The molecule has 5 atom stereocenters. The van der Waals surface area contributed by atoms with Crippen LogP contribution in [0, 0.1) is 17.3 Å². The van der Waals surface area contributed by atoms with E-state index < -0.39 is 10.9 Å². The Morgan fingerprint density at radius 2 is 2.00 bits per heavy atom. The third kappa shape index (κ3) is 4.66. The number of rotatable bonds is 5. The Hall–Kier alpha value is -2.48. The molecule has 0 aromatic heterocycles. The van der Waals surface area contributed by atoms with E-state index in [4.69, 9.17) is 4.84 Å². The van der Waals surface area contributed by atoms with Gasteiger partial charge >= 0.3 is 5.30 Å². The van der Waals surface area contributed by atoms with Crippen LogP contribution in [-0.2, 0) is 9.63 Å². The summed E-state index contributed by atoms with van der Waals surface area (Å²) in [7, 11) is 0. The molecule has 0 radical (unpaired) electrons. The number of carbonyl (C=O) groups is 2. The summed E-state index contributed by atoms with van der Waals surface area (Å²) in [5.74, 6) is 1.08. The van der Waals surface area contributed by atoms with Gasteiger partial charge in [0.05, 0.1) is 18.4 Å². The fourth-order valence-electron chi connectivity index (χ4n) is 7.50. The molecule has 5 rings (SSSR count). The van der Waals surface area contributed by atoms with Crippen molar-refractivity contribution in [1.29, 1.82) is 0 Å². The number of allylic oxidation sites excluding steroid dienone is 4. The summed E-state index contributed by atoms with van der Waals surface area (Å²) in [4.78, 5) is 28.4. The van der Waals surface area contributed by atoms with E-state index in [1.165, 1.54) is 28.5 Å². The van der Waals surface area contributed by atoms with Crippen LogP contribution in [0.3, 0.4) is 0 Å². The lowest BCUT2D eigenvalue weighted by Gasteiger charge is -2.54. The van der Waals surface area contributed by atoms with Crippen molar-refractivity contribution in [3.8, 4) is 0 Å². The molecule has 4 aliphatic rings. The summed E-state index contributed by atoms with van der Waals surface area (Å²) in [6, 6.07) is 8.19. The van der Waals surface area contributed by atoms with E-state index in [1.807, 2.05) is 24.3 Å². The van der Waals surface area contributed by atoms with E-state index in [0.717, 1.165) is 49.4 Å². The van der Waals surface area contributed by atoms with Gasteiger partial charge in [-0.25, -0.2) is 4.79 Å². The summed E-state index contributed by atoms with van der Waals surface area (Å²) < 4.78 is 0. The third-order valence-electron chi connectivity index (χ3n) is 9.28. The van der Waals surface area contributed by atoms with Crippen LogP contribution in [-0.4, -0.2) is 46.0 Å². The predicted octanol–water partition coefficient (Wildman–Crippen LogP) is 5.70. The SMILES string of the molecule is CSC(=O)O/N=C/c1ccc([C@H]2C[C@@]3(C)[C@@H](CC[C@@]3(O)/C=C/CO)[C@@H]3CCC4=CC(=O)CCC4=C32)cc1. The molecule has 196 valence electrons. The summed E-state index contributed by atoms with van der Waals surface area (Å²) in [5, 5.41) is 24.6. The second-order valence-electron chi connectivity index (χ2n) is 11.0. The van der Waals surface area contributed by atoms with E-state index >= 15 is 0 Å². The van der Waals surface area contributed by atoms with Crippen LogP contribution < -0.4 is 0 Å². The van der Waals surface area contributed by atoms with Gasteiger partial charge in [-0.05, 0) is 96.7 Å². The number of nitrogens with zero attached hydrogens (tertiary/aromatic N) is 1. The quantitative estimate of drug-likeness (QED) is 0.223. The van der Waals surface area contributed by atoms with Gasteiger partial charge in [0.25, 0.3) is 0 Å². The second kappa shape index (κ2) is 10.4. The Kier molecular flexibility index (Phi) is 7.31. The van der Waals surface area contributed by atoms with Crippen LogP contribution in [0.15, 0.2) is 64.4 Å². The van der Waals surface area contributed by atoms with Crippen molar-refractivity contribution in [3.63, 3.8) is 0 Å². The number of benzene rings is 1. The third-order valence-corrected chi connectivity index (χ3v) is 9.69. The largest absolute Gasteiger partial charge is 0.393 e. The monoisotopic (exact) mass is 521 g/mol. The van der Waals surface area contributed by atoms with Crippen molar-refractivity contribution in [1.82, 2.24) is 0 Å². The number of oxime groups is 1. The maximum absolute atomic E-state index is 12.2. The molecule has 0 heterocycles. The fourth-order valence-corrected chi connectivity index (χ4v) is 7.62. The molecule has 1 aromatic rings. The lowest BCUT2D eigenvalue weighted by molar-refractivity contribution is -0.114. The molecule has 0 bridgehead atoms. The van der Waals surface area contributed by atoms with Crippen molar-refractivity contribution in [2.75, 3.05) is 12.9 Å². The molecule has 0 amide bonds. The maximum atomic E-state index is 12.2. The first-order valence-corrected chi connectivity index (χ1v) is 14.4. The maximum Gasteiger partial charge on any atom is 0.393 e. The molecule has 2 fully saturated rings. The molecule has 2 saturated carbocycles. The van der Waals surface area contributed by atoms with Crippen LogP contribution >= 0.6 is 11.8 Å². The number of aliphatic hydroxyl groups excluding tert-OH is 1. The minimum Gasteiger partial charge on any atom is -0.392 e. The van der Waals surface area contributed by atoms with E-state index in [-0.39, 0.29) is 23.7 Å². The zero-order chi connectivity index (χ0) is 26.2. The molecule has 6 nitrogen and oxygen atoms in total. The van der Waals surface area contributed by atoms with Crippen LogP contribution in [0.1, 0.15) is 68.9 Å². The molecule has 7 heteroatoms. The van der Waals surface area contributed by atoms with Gasteiger partial charge in [-0.15, -0.1) is 0 Å². The molecule has 4 aliphatic carbocycles. The Labute approximate surface area is 222 Å². The number of thioether (sulfide) groups is 1. The first-order chi connectivity index (χ1) is 17.8. The Morgan fingerprint density at radius 1 is 1.22 bits per heavy atom. The fraction of sp³-hybridized carbons (Fsp3) is 0.500. The highest BCUT2D eigenvalue weighted by Gasteiger charge is 2.61. The average molecular weight is 522 g/mol. The molecule has 0 saturated heterocycles. The molecular formula is C30H35NO5S. The molecular weight excluding hydrogens is 486 g/mol. The van der Waals surface area contributed by atoms with Crippen LogP contribution in [0.5, 0.6) is 0 Å². The van der Waals surface area contributed by atoms with Crippen LogP contribution in [0.25, 0.3) is 0 Å². The number of hydrogen-bond acceptors (Lipinski definition) is 7. The van der Waals surface area contributed by atoms with Gasteiger partial charge in [0.1, 0.15) is 0 Å². The molecule has 0 spiro atoms. The van der Waals surface area contributed by atoms with Crippen molar-refractivity contribution < 1.29 is 24.6 Å². The average Bonchev–Trinajstić information content (AvgIpc) is 3.17. The highest BCUT2D eigenvalue weighted by atomic mass is 32.2. The van der Waals surface area contributed by atoms with Gasteiger partial charge in [-0.3, -0.25) is 4.79 Å². The van der Waals surface area contributed by atoms with Crippen molar-refractivity contribution >= 4 is 29.1 Å². The minimum atomic E-state index is -0.957. The number of carbonyl (C=O) groups excluding carboxylic acids is 2. The number of ketones is 1. The number of aliphatic hydroxyl groups is 2. The standard InChI is InChI=1S/C30H35NO5S/c1-29-17-25(20-6-4-19(5-7-20)18-31-36-28(34)37-2)27-23-11-9-22(33)16-21(23)8-10-24(27)26(29)12-14-30(29,35)13-3-15-32/h3-7,13,16,18,24-26,32,35H,8-12,14-15,17H2,1-2H3/b13-3+,31-18+/t24-,25+,26-,29-,30-/m0/s1.